The number of nitrogens with two attached hydrogens (primary N) is 1. The molecule has 0 bridgehead atoms. The van der Waals surface area contributed by atoms with Gasteiger partial charge in [0.25, 0.3) is 10.0 Å². The van der Waals surface area contributed by atoms with Crippen LogP contribution >= 0.6 is 0 Å². The van der Waals surface area contributed by atoms with E-state index in [0.717, 1.165) is 0 Å². The highest BCUT2D eigenvalue weighted by Crippen LogP contribution is 2.11. The molecule has 1 heterocycles. The predicted octanol–water partition coefficient (Wildman–Crippen LogP) is 0.416. The minimum Gasteiger partial charge on any atom is -0.447 e. The highest BCUT2D eigenvalue weighted by molar-refractivity contribution is 7.89. The minimum absolute atomic E-state index is 0.240. The Morgan fingerprint density at radius 2 is 1.95 bits per heavy atom. The smallest absolute Gasteiger partial charge is 0.271 e. The van der Waals surface area contributed by atoms with Gasteiger partial charge in [-0.25, -0.2) is 13.6 Å². The van der Waals surface area contributed by atoms with Crippen LogP contribution in [0, 0.1) is 0 Å². The number of sulfonamides is 1. The van der Waals surface area contributed by atoms with E-state index in [9.17, 15) is 8.42 Å². The van der Waals surface area contributed by atoms with Crippen molar-refractivity contribution in [3.63, 3.8) is 0 Å². The van der Waals surface area contributed by atoms with Gasteiger partial charge in [0.15, 0.2) is 6.29 Å². The molecule has 0 amide bonds. The van der Waals surface area contributed by atoms with E-state index in [-0.39, 0.29) is 11.4 Å². The van der Waals surface area contributed by atoms with Gasteiger partial charge in [-0.3, -0.25) is 0 Å². The quantitative estimate of drug-likeness (QED) is 0.639. The molecule has 1 rings (SSSR count). The van der Waals surface area contributed by atoms with Crippen molar-refractivity contribution in [2.45, 2.75) is 31.8 Å². The molecular weight excluding hydrogens is 272 g/mol. The van der Waals surface area contributed by atoms with E-state index < -0.39 is 10.0 Å². The van der Waals surface area contributed by atoms with Crippen LogP contribution in [-0.4, -0.2) is 34.5 Å². The third-order valence-electron chi connectivity index (χ3n) is 2.23. The first-order valence-electron chi connectivity index (χ1n) is 6.02. The maximum atomic E-state index is 11.0. The Labute approximate surface area is 113 Å². The lowest BCUT2D eigenvalue weighted by Gasteiger charge is -2.16. The lowest BCUT2D eigenvalue weighted by Crippen LogP contribution is -2.31. The maximum absolute atomic E-state index is 11.0. The van der Waals surface area contributed by atoms with Crippen LogP contribution in [-0.2, 0) is 26.0 Å². The van der Waals surface area contributed by atoms with Crippen molar-refractivity contribution in [2.24, 2.45) is 5.14 Å². The first-order chi connectivity index (χ1) is 8.97. The molecule has 0 radical (unpaired) electrons. The molecule has 0 saturated heterocycles. The van der Waals surface area contributed by atoms with E-state index in [1.54, 1.807) is 6.07 Å². The van der Waals surface area contributed by atoms with Gasteiger partial charge in [-0.15, -0.1) is 0 Å². The van der Waals surface area contributed by atoms with Crippen LogP contribution in [0.2, 0.25) is 0 Å². The molecule has 19 heavy (non-hydrogen) atoms. The monoisotopic (exact) mass is 292 g/mol. The van der Waals surface area contributed by atoms with Gasteiger partial charge < -0.3 is 19.2 Å². The molecule has 0 atom stereocenters. The summed E-state index contributed by atoms with van der Waals surface area (Å²) in [5.74, 6) is 0.482. The Balaban J connectivity index is 2.42. The molecule has 0 aliphatic carbocycles. The predicted molar refractivity (Wildman–Crippen MR) is 68.8 cm³/mol. The molecule has 0 spiro atoms. The number of nitrogens with one attached hydrogen (secondary N) is 1. The topological polar surface area (TPSA) is 104 Å². The van der Waals surface area contributed by atoms with Crippen LogP contribution < -0.4 is 10.5 Å². The van der Waals surface area contributed by atoms with E-state index in [4.69, 9.17) is 19.0 Å². The molecule has 110 valence electrons. The van der Waals surface area contributed by atoms with Crippen molar-refractivity contribution in [2.75, 3.05) is 19.8 Å². The zero-order chi connectivity index (χ0) is 14.3. The zero-order valence-electron chi connectivity index (χ0n) is 11.1. The van der Waals surface area contributed by atoms with Crippen LogP contribution in [0.5, 0.6) is 0 Å². The summed E-state index contributed by atoms with van der Waals surface area (Å²) >= 11 is 0. The van der Waals surface area contributed by atoms with Crippen LogP contribution in [0.1, 0.15) is 19.6 Å². The number of hydrogen-bond donors (Lipinski definition) is 2. The molecule has 0 unspecified atom stereocenters. The van der Waals surface area contributed by atoms with E-state index in [0.29, 0.717) is 32.1 Å². The molecule has 0 aliphatic rings. The first kappa shape index (κ1) is 16.1. The second-order valence-electron chi connectivity index (χ2n) is 3.74. The van der Waals surface area contributed by atoms with Crippen molar-refractivity contribution in [1.29, 1.82) is 0 Å². The second kappa shape index (κ2) is 7.61. The SMILES string of the molecule is CCOC(CNCc1ccc(S(N)(=O)=O)o1)OCC. The summed E-state index contributed by atoms with van der Waals surface area (Å²) in [7, 11) is -3.78. The normalized spacial score (nSPS) is 12.2. The summed E-state index contributed by atoms with van der Waals surface area (Å²) in [4.78, 5) is 0. The Bertz CT molecular complexity index is 465. The first-order valence-corrected chi connectivity index (χ1v) is 7.57. The van der Waals surface area contributed by atoms with Gasteiger partial charge in [0.2, 0.25) is 5.09 Å². The van der Waals surface area contributed by atoms with Crippen molar-refractivity contribution < 1.29 is 22.3 Å². The van der Waals surface area contributed by atoms with Gasteiger partial charge >= 0.3 is 0 Å². The molecule has 0 aromatic carbocycles. The molecule has 0 saturated carbocycles. The van der Waals surface area contributed by atoms with Crippen LogP contribution in [0.4, 0.5) is 0 Å². The fraction of sp³-hybridized carbons (Fsp3) is 0.636. The molecule has 0 fully saturated rings. The Kier molecular flexibility index (Phi) is 6.46. The number of primary sulfonamides is 1. The van der Waals surface area contributed by atoms with Gasteiger partial charge in [-0.2, -0.15) is 0 Å². The number of rotatable bonds is 9. The fourth-order valence-corrected chi connectivity index (χ4v) is 1.94. The average Bonchev–Trinajstić information content (AvgIpc) is 2.78. The summed E-state index contributed by atoms with van der Waals surface area (Å²) < 4.78 is 37.8. The largest absolute Gasteiger partial charge is 0.447 e. The van der Waals surface area contributed by atoms with Crippen molar-refractivity contribution >= 4 is 10.0 Å². The molecule has 7 nitrogen and oxygen atoms in total. The highest BCUT2D eigenvalue weighted by atomic mass is 32.2. The van der Waals surface area contributed by atoms with Crippen LogP contribution in [0.25, 0.3) is 0 Å². The van der Waals surface area contributed by atoms with E-state index in [2.05, 4.69) is 5.32 Å². The molecule has 1 aromatic rings. The molecular formula is C11H20N2O5S. The number of hydrogen-bond acceptors (Lipinski definition) is 6. The summed E-state index contributed by atoms with van der Waals surface area (Å²) in [6, 6.07) is 2.89. The molecule has 0 aliphatic heterocycles. The standard InChI is InChI=1S/C11H20N2O5S/c1-3-16-10(17-4-2)8-13-7-9-5-6-11(18-9)19(12,14)15/h5-6,10,13H,3-4,7-8H2,1-2H3,(H2,12,14,15). The Morgan fingerprint density at radius 1 is 1.32 bits per heavy atom. The van der Waals surface area contributed by atoms with Gasteiger partial charge in [0.1, 0.15) is 5.76 Å². The van der Waals surface area contributed by atoms with E-state index >= 15 is 0 Å². The van der Waals surface area contributed by atoms with Crippen molar-refractivity contribution in [3.8, 4) is 0 Å². The zero-order valence-corrected chi connectivity index (χ0v) is 11.9. The highest BCUT2D eigenvalue weighted by Gasteiger charge is 2.13. The summed E-state index contributed by atoms with van der Waals surface area (Å²) in [5, 5.41) is 7.76. The van der Waals surface area contributed by atoms with Crippen LogP contribution in [0.3, 0.4) is 0 Å². The van der Waals surface area contributed by atoms with Gasteiger partial charge in [-0.05, 0) is 26.0 Å². The summed E-state index contributed by atoms with van der Waals surface area (Å²) in [5.41, 5.74) is 0. The van der Waals surface area contributed by atoms with Gasteiger partial charge in [0, 0.05) is 19.8 Å². The van der Waals surface area contributed by atoms with Crippen LogP contribution in [0.15, 0.2) is 21.6 Å². The summed E-state index contributed by atoms with van der Waals surface area (Å²) in [6.45, 7) is 5.73. The fourth-order valence-electron chi connectivity index (χ4n) is 1.46. The molecule has 8 heteroatoms. The van der Waals surface area contributed by atoms with E-state index in [1.807, 2.05) is 13.8 Å². The second-order valence-corrected chi connectivity index (χ2v) is 5.23. The minimum atomic E-state index is -3.78. The van der Waals surface area contributed by atoms with Gasteiger partial charge in [0.05, 0.1) is 6.54 Å². The lowest BCUT2D eigenvalue weighted by molar-refractivity contribution is -0.133. The molecule has 1 aromatic heterocycles. The van der Waals surface area contributed by atoms with Crippen molar-refractivity contribution in [3.05, 3.63) is 17.9 Å². The average molecular weight is 292 g/mol. The van der Waals surface area contributed by atoms with E-state index in [1.165, 1.54) is 6.07 Å². The molecule has 3 N–H and O–H groups in total. The number of furan rings is 1. The maximum Gasteiger partial charge on any atom is 0.271 e. The third kappa shape index (κ3) is 5.70. The number of ether oxygens (including phenoxy) is 2. The lowest BCUT2D eigenvalue weighted by atomic mass is 10.4. The van der Waals surface area contributed by atoms with Gasteiger partial charge in [-0.1, -0.05) is 0 Å². The van der Waals surface area contributed by atoms with Crippen molar-refractivity contribution in [1.82, 2.24) is 5.32 Å². The Hall–Kier alpha value is -0.930. The Morgan fingerprint density at radius 3 is 2.42 bits per heavy atom. The third-order valence-corrected chi connectivity index (χ3v) is 3.01. The summed E-state index contributed by atoms with van der Waals surface area (Å²) in [6.07, 6.45) is -0.331.